The summed E-state index contributed by atoms with van der Waals surface area (Å²) >= 11 is 5.98. The quantitative estimate of drug-likeness (QED) is 0.780. The average molecular weight is 237 g/mol. The monoisotopic (exact) mass is 236 g/mol. The van der Waals surface area contributed by atoms with Gasteiger partial charge in [0.25, 0.3) is 0 Å². The SMILES string of the molecule is O=S(c1ccccc1)c1ccccc1Cl. The minimum Gasteiger partial charge on any atom is -0.249 e. The fourth-order valence-electron chi connectivity index (χ4n) is 1.27. The van der Waals surface area contributed by atoms with Crippen LogP contribution >= 0.6 is 11.6 Å². The van der Waals surface area contributed by atoms with Crippen LogP contribution in [0.5, 0.6) is 0 Å². The van der Waals surface area contributed by atoms with Crippen molar-refractivity contribution in [2.24, 2.45) is 0 Å². The second kappa shape index (κ2) is 4.60. The van der Waals surface area contributed by atoms with E-state index in [9.17, 15) is 4.21 Å². The van der Waals surface area contributed by atoms with E-state index in [0.29, 0.717) is 9.92 Å². The predicted octanol–water partition coefficient (Wildman–Crippen LogP) is 3.51. The van der Waals surface area contributed by atoms with E-state index in [0.717, 1.165) is 4.90 Å². The zero-order chi connectivity index (χ0) is 10.7. The average Bonchev–Trinajstić information content (AvgIpc) is 2.30. The molecule has 0 N–H and O–H groups in total. The summed E-state index contributed by atoms with van der Waals surface area (Å²) in [7, 11) is -1.19. The molecule has 0 saturated heterocycles. The molecule has 0 aliphatic carbocycles. The maximum Gasteiger partial charge on any atom is 0.0864 e. The van der Waals surface area contributed by atoms with Crippen LogP contribution in [-0.2, 0) is 10.8 Å². The second-order valence-corrected chi connectivity index (χ2v) is 4.87. The normalized spacial score (nSPS) is 12.3. The Morgan fingerprint density at radius 1 is 0.867 bits per heavy atom. The minimum atomic E-state index is -1.19. The number of rotatable bonds is 2. The number of benzene rings is 2. The van der Waals surface area contributed by atoms with Crippen LogP contribution in [0.15, 0.2) is 64.4 Å². The number of hydrogen-bond donors (Lipinski definition) is 0. The lowest BCUT2D eigenvalue weighted by atomic mass is 10.4. The predicted molar refractivity (Wildman–Crippen MR) is 62.6 cm³/mol. The molecule has 0 aromatic heterocycles. The Morgan fingerprint density at radius 2 is 1.47 bits per heavy atom. The Balaban J connectivity index is 2.42. The van der Waals surface area contributed by atoms with Gasteiger partial charge in [-0.3, -0.25) is 0 Å². The third-order valence-electron chi connectivity index (χ3n) is 1.99. The molecule has 76 valence electrons. The van der Waals surface area contributed by atoms with Crippen molar-refractivity contribution in [2.45, 2.75) is 9.79 Å². The van der Waals surface area contributed by atoms with Crippen LogP contribution in [0.1, 0.15) is 0 Å². The minimum absolute atomic E-state index is 0.541. The first-order chi connectivity index (χ1) is 7.29. The van der Waals surface area contributed by atoms with Gasteiger partial charge in [-0.15, -0.1) is 0 Å². The van der Waals surface area contributed by atoms with Gasteiger partial charge >= 0.3 is 0 Å². The topological polar surface area (TPSA) is 17.1 Å². The summed E-state index contributed by atoms with van der Waals surface area (Å²) < 4.78 is 12.1. The van der Waals surface area contributed by atoms with E-state index in [1.807, 2.05) is 42.5 Å². The molecule has 0 radical (unpaired) electrons. The zero-order valence-corrected chi connectivity index (χ0v) is 9.46. The van der Waals surface area contributed by atoms with Crippen LogP contribution in [0.4, 0.5) is 0 Å². The molecule has 0 aliphatic rings. The summed E-state index contributed by atoms with van der Waals surface area (Å²) in [5.41, 5.74) is 0. The van der Waals surface area contributed by atoms with Crippen molar-refractivity contribution in [3.8, 4) is 0 Å². The molecular formula is C12H9ClOS. The number of hydrogen-bond acceptors (Lipinski definition) is 1. The van der Waals surface area contributed by atoms with Gasteiger partial charge in [0.05, 0.1) is 20.7 Å². The van der Waals surface area contributed by atoms with Crippen molar-refractivity contribution >= 4 is 22.4 Å². The largest absolute Gasteiger partial charge is 0.249 e. The summed E-state index contributed by atoms with van der Waals surface area (Å²) in [4.78, 5) is 1.43. The van der Waals surface area contributed by atoms with E-state index >= 15 is 0 Å². The van der Waals surface area contributed by atoms with Crippen LogP contribution in [0.3, 0.4) is 0 Å². The summed E-state index contributed by atoms with van der Waals surface area (Å²) in [6.07, 6.45) is 0. The molecule has 0 saturated carbocycles. The highest BCUT2D eigenvalue weighted by molar-refractivity contribution is 7.85. The molecule has 0 amide bonds. The fraction of sp³-hybridized carbons (Fsp3) is 0. The maximum atomic E-state index is 12.1. The molecule has 0 fully saturated rings. The van der Waals surface area contributed by atoms with Crippen LogP contribution in [0.25, 0.3) is 0 Å². The molecule has 1 unspecified atom stereocenters. The Hall–Kier alpha value is -1.12. The van der Waals surface area contributed by atoms with Crippen LogP contribution < -0.4 is 0 Å². The van der Waals surface area contributed by atoms with Crippen molar-refractivity contribution in [1.82, 2.24) is 0 Å². The van der Waals surface area contributed by atoms with Gasteiger partial charge in [0.15, 0.2) is 0 Å². The lowest BCUT2D eigenvalue weighted by Gasteiger charge is -2.03. The smallest absolute Gasteiger partial charge is 0.0864 e. The first kappa shape index (κ1) is 10.4. The van der Waals surface area contributed by atoms with E-state index in [-0.39, 0.29) is 0 Å². The fourth-order valence-corrected chi connectivity index (χ4v) is 2.72. The molecule has 0 bridgehead atoms. The van der Waals surface area contributed by atoms with Gasteiger partial charge in [-0.2, -0.15) is 0 Å². The van der Waals surface area contributed by atoms with Crippen molar-refractivity contribution in [3.05, 3.63) is 59.6 Å². The van der Waals surface area contributed by atoms with Crippen molar-refractivity contribution in [2.75, 3.05) is 0 Å². The van der Waals surface area contributed by atoms with Crippen LogP contribution in [-0.4, -0.2) is 4.21 Å². The van der Waals surface area contributed by atoms with E-state index < -0.39 is 10.8 Å². The first-order valence-corrected chi connectivity index (χ1v) is 6.03. The molecule has 2 aromatic carbocycles. The van der Waals surface area contributed by atoms with Crippen LogP contribution in [0.2, 0.25) is 5.02 Å². The van der Waals surface area contributed by atoms with Gasteiger partial charge in [0, 0.05) is 4.90 Å². The lowest BCUT2D eigenvalue weighted by molar-refractivity contribution is 0.683. The Labute approximate surface area is 96.2 Å². The molecule has 1 nitrogen and oxygen atoms in total. The first-order valence-electron chi connectivity index (χ1n) is 4.50. The third kappa shape index (κ3) is 2.28. The Kier molecular flexibility index (Phi) is 3.19. The molecule has 0 aliphatic heterocycles. The van der Waals surface area contributed by atoms with E-state index in [1.165, 1.54) is 0 Å². The molecule has 0 spiro atoms. The van der Waals surface area contributed by atoms with E-state index in [4.69, 9.17) is 11.6 Å². The van der Waals surface area contributed by atoms with Crippen molar-refractivity contribution in [3.63, 3.8) is 0 Å². The molecule has 0 heterocycles. The van der Waals surface area contributed by atoms with Gasteiger partial charge in [-0.25, -0.2) is 4.21 Å². The number of halogens is 1. The molecule has 15 heavy (non-hydrogen) atoms. The zero-order valence-electron chi connectivity index (χ0n) is 7.89. The lowest BCUT2D eigenvalue weighted by Crippen LogP contribution is -1.92. The van der Waals surface area contributed by atoms with Gasteiger partial charge < -0.3 is 0 Å². The summed E-state index contributed by atoms with van der Waals surface area (Å²) in [5, 5.41) is 0.541. The second-order valence-electron chi connectivity index (χ2n) is 3.01. The summed E-state index contributed by atoms with van der Waals surface area (Å²) in [6.45, 7) is 0. The van der Waals surface area contributed by atoms with Gasteiger partial charge in [-0.05, 0) is 24.3 Å². The third-order valence-corrected chi connectivity index (χ3v) is 3.89. The highest BCUT2D eigenvalue weighted by Crippen LogP contribution is 2.23. The van der Waals surface area contributed by atoms with Gasteiger partial charge in [-0.1, -0.05) is 41.9 Å². The van der Waals surface area contributed by atoms with Gasteiger partial charge in [0.1, 0.15) is 0 Å². The van der Waals surface area contributed by atoms with E-state index in [2.05, 4.69) is 0 Å². The Bertz CT molecular complexity index is 482. The van der Waals surface area contributed by atoms with E-state index in [1.54, 1.807) is 12.1 Å². The molecular weight excluding hydrogens is 228 g/mol. The maximum absolute atomic E-state index is 12.1. The van der Waals surface area contributed by atoms with Crippen molar-refractivity contribution in [1.29, 1.82) is 0 Å². The van der Waals surface area contributed by atoms with Crippen molar-refractivity contribution < 1.29 is 4.21 Å². The highest BCUT2D eigenvalue weighted by atomic mass is 35.5. The summed E-state index contributed by atoms with van der Waals surface area (Å²) in [5.74, 6) is 0. The van der Waals surface area contributed by atoms with Gasteiger partial charge in [0.2, 0.25) is 0 Å². The van der Waals surface area contributed by atoms with Crippen LogP contribution in [0, 0.1) is 0 Å². The molecule has 3 heteroatoms. The standard InChI is InChI=1S/C12H9ClOS/c13-11-8-4-5-9-12(11)15(14)10-6-2-1-3-7-10/h1-9H. The molecule has 2 rings (SSSR count). The molecule has 2 aromatic rings. The summed E-state index contributed by atoms with van der Waals surface area (Å²) in [6, 6.07) is 16.5. The molecule has 1 atom stereocenters. The highest BCUT2D eigenvalue weighted by Gasteiger charge is 2.09. The Morgan fingerprint density at radius 3 is 2.13 bits per heavy atom.